The summed E-state index contributed by atoms with van der Waals surface area (Å²) >= 11 is 0. The minimum absolute atomic E-state index is 0.127. The van der Waals surface area contributed by atoms with Gasteiger partial charge in [-0.05, 0) is 37.1 Å². The van der Waals surface area contributed by atoms with Crippen LogP contribution < -0.4 is 5.32 Å². The van der Waals surface area contributed by atoms with E-state index in [0.717, 1.165) is 42.0 Å². The summed E-state index contributed by atoms with van der Waals surface area (Å²) in [4.78, 5) is 15.1. The van der Waals surface area contributed by atoms with Crippen LogP contribution in [0.2, 0.25) is 0 Å². The summed E-state index contributed by atoms with van der Waals surface area (Å²) in [5.41, 5.74) is 4.98. The number of benzene rings is 1. The maximum absolute atomic E-state index is 12.6. The molecular weight excluding hydrogens is 304 g/mol. The summed E-state index contributed by atoms with van der Waals surface area (Å²) in [6, 6.07) is 5.83. The molecule has 0 amide bonds. The van der Waals surface area contributed by atoms with Gasteiger partial charge in [-0.3, -0.25) is 4.90 Å². The number of carbonyl (C=O) groups excluding carboxylic acids is 1. The van der Waals surface area contributed by atoms with Crippen molar-refractivity contribution in [3.8, 4) is 5.75 Å². The Kier molecular flexibility index (Phi) is 2.60. The molecule has 5 heteroatoms. The molecule has 1 aliphatic carbocycles. The van der Waals surface area contributed by atoms with Gasteiger partial charge in [-0.15, -0.1) is 0 Å². The van der Waals surface area contributed by atoms with E-state index in [-0.39, 0.29) is 23.1 Å². The number of hydrogen-bond donors (Lipinski definition) is 2. The molecule has 124 valence electrons. The monoisotopic (exact) mass is 324 g/mol. The molecule has 3 atom stereocenters. The van der Waals surface area contributed by atoms with E-state index in [1.165, 1.54) is 12.7 Å². The summed E-state index contributed by atoms with van der Waals surface area (Å²) in [7, 11) is 1.45. The first-order chi connectivity index (χ1) is 11.6. The van der Waals surface area contributed by atoms with E-state index in [2.05, 4.69) is 16.3 Å². The number of anilines is 1. The molecule has 1 aromatic carbocycles. The number of methoxy groups -OCH3 is 1. The highest BCUT2D eigenvalue weighted by molar-refractivity contribution is 5.94. The van der Waals surface area contributed by atoms with Crippen molar-refractivity contribution in [2.24, 2.45) is 5.92 Å². The van der Waals surface area contributed by atoms with Gasteiger partial charge in [0.15, 0.2) is 0 Å². The zero-order chi connectivity index (χ0) is 16.6. The third-order valence-electron chi connectivity index (χ3n) is 6.34. The van der Waals surface area contributed by atoms with Crippen LogP contribution in [0.15, 0.2) is 41.1 Å². The van der Waals surface area contributed by atoms with Crippen LogP contribution in [-0.2, 0) is 14.9 Å². The maximum Gasteiger partial charge on any atom is 0.336 e. The van der Waals surface area contributed by atoms with Crippen molar-refractivity contribution in [2.45, 2.75) is 24.8 Å². The summed E-state index contributed by atoms with van der Waals surface area (Å²) in [6.45, 7) is 3.84. The summed E-state index contributed by atoms with van der Waals surface area (Å²) in [6.07, 6.45) is 3.08. The van der Waals surface area contributed by atoms with E-state index >= 15 is 0 Å². The molecule has 3 heterocycles. The van der Waals surface area contributed by atoms with Gasteiger partial charge < -0.3 is 15.2 Å². The quantitative estimate of drug-likeness (QED) is 0.471. The van der Waals surface area contributed by atoms with Gasteiger partial charge in [-0.2, -0.15) is 0 Å². The molecule has 2 bridgehead atoms. The number of phenols is 1. The van der Waals surface area contributed by atoms with Crippen molar-refractivity contribution in [1.82, 2.24) is 4.90 Å². The van der Waals surface area contributed by atoms with E-state index in [9.17, 15) is 9.90 Å². The van der Waals surface area contributed by atoms with Crippen LogP contribution in [0, 0.1) is 5.92 Å². The smallest absolute Gasteiger partial charge is 0.336 e. The predicted molar refractivity (Wildman–Crippen MR) is 89.7 cm³/mol. The fourth-order valence-electron chi connectivity index (χ4n) is 5.30. The Balaban J connectivity index is 1.79. The van der Waals surface area contributed by atoms with Gasteiger partial charge in [0, 0.05) is 36.4 Å². The van der Waals surface area contributed by atoms with Gasteiger partial charge in [0.1, 0.15) is 5.75 Å². The molecule has 0 saturated carbocycles. The minimum Gasteiger partial charge on any atom is -0.508 e. The Bertz CT molecular complexity index is 841. The first-order valence-corrected chi connectivity index (χ1v) is 8.42. The number of nitrogens with one attached hydrogen (secondary N) is 1. The molecular formula is C19H20N2O3. The molecule has 1 aromatic rings. The Morgan fingerprint density at radius 1 is 1.50 bits per heavy atom. The number of hydrogen-bond acceptors (Lipinski definition) is 5. The zero-order valence-corrected chi connectivity index (χ0v) is 13.8. The van der Waals surface area contributed by atoms with Crippen molar-refractivity contribution < 1.29 is 14.6 Å². The number of allylic oxidation sites excluding steroid dienone is 1. The number of aromatic hydroxyl groups is 1. The molecule has 0 radical (unpaired) electrons. The Morgan fingerprint density at radius 2 is 2.33 bits per heavy atom. The highest BCUT2D eigenvalue weighted by Gasteiger charge is 2.66. The summed E-state index contributed by atoms with van der Waals surface area (Å²) in [5, 5.41) is 13.5. The van der Waals surface area contributed by atoms with Crippen LogP contribution in [-0.4, -0.2) is 42.2 Å². The van der Waals surface area contributed by atoms with Gasteiger partial charge in [-0.25, -0.2) is 4.79 Å². The lowest BCUT2D eigenvalue weighted by Gasteiger charge is -2.63. The van der Waals surface area contributed by atoms with E-state index in [4.69, 9.17) is 4.74 Å². The lowest BCUT2D eigenvalue weighted by atomic mass is 9.55. The molecule has 2 fully saturated rings. The standard InChI is InChI=1S/C19H20N2O3/c1-3-10-8-21-9-19-13-6-11(22)4-5-14(13)20-17(19)16(18(23)24-2)12(10)7-15(19)21/h3-6,12,15,20,22H,7-9H2,1-2H3. The number of carbonyl (C=O) groups is 1. The molecule has 4 aliphatic rings. The van der Waals surface area contributed by atoms with E-state index < -0.39 is 0 Å². The van der Waals surface area contributed by atoms with E-state index in [1.807, 2.05) is 19.1 Å². The molecule has 0 aromatic heterocycles. The highest BCUT2D eigenvalue weighted by atomic mass is 16.5. The van der Waals surface area contributed by atoms with Crippen LogP contribution in [0.5, 0.6) is 5.75 Å². The van der Waals surface area contributed by atoms with Gasteiger partial charge in [0.05, 0.1) is 18.1 Å². The Labute approximate surface area is 140 Å². The zero-order valence-electron chi connectivity index (χ0n) is 13.8. The Morgan fingerprint density at radius 3 is 3.08 bits per heavy atom. The number of phenolic OH excluding ortho intramolecular Hbond substituents is 1. The molecule has 1 spiro atoms. The second-order valence-corrected chi connectivity index (χ2v) is 7.18. The predicted octanol–water partition coefficient (Wildman–Crippen LogP) is 2.15. The van der Waals surface area contributed by atoms with Crippen LogP contribution in [0.25, 0.3) is 0 Å². The average molecular weight is 324 g/mol. The normalized spacial score (nSPS) is 34.3. The first kappa shape index (κ1) is 14.1. The van der Waals surface area contributed by atoms with Gasteiger partial charge in [0.25, 0.3) is 0 Å². The minimum atomic E-state index is -0.239. The number of ether oxygens (including phenoxy) is 1. The molecule has 3 aliphatic heterocycles. The third kappa shape index (κ3) is 1.42. The third-order valence-corrected chi connectivity index (χ3v) is 6.34. The first-order valence-electron chi connectivity index (χ1n) is 8.42. The molecule has 24 heavy (non-hydrogen) atoms. The lowest BCUT2D eigenvalue weighted by molar-refractivity contribution is -0.138. The van der Waals surface area contributed by atoms with Crippen LogP contribution in [0.1, 0.15) is 18.9 Å². The van der Waals surface area contributed by atoms with Crippen molar-refractivity contribution >= 4 is 11.7 Å². The topological polar surface area (TPSA) is 61.8 Å². The summed E-state index contributed by atoms with van der Waals surface area (Å²) < 4.78 is 5.14. The molecule has 5 nitrogen and oxygen atoms in total. The van der Waals surface area contributed by atoms with Crippen LogP contribution >= 0.6 is 0 Å². The van der Waals surface area contributed by atoms with E-state index in [0.29, 0.717) is 6.04 Å². The molecule has 3 unspecified atom stereocenters. The van der Waals surface area contributed by atoms with Crippen LogP contribution in [0.3, 0.4) is 0 Å². The second kappa shape index (κ2) is 4.42. The van der Waals surface area contributed by atoms with Gasteiger partial charge >= 0.3 is 5.97 Å². The SMILES string of the molecule is CC=C1CN2CC34C(=C(C(=O)OC)C1CC23)Nc1ccc(O)cc14. The average Bonchev–Trinajstić information content (AvgIpc) is 2.89. The van der Waals surface area contributed by atoms with Gasteiger partial charge in [-0.1, -0.05) is 11.6 Å². The fourth-order valence-corrected chi connectivity index (χ4v) is 5.30. The molecule has 5 rings (SSSR count). The van der Waals surface area contributed by atoms with Crippen molar-refractivity contribution in [3.05, 3.63) is 46.7 Å². The highest BCUT2D eigenvalue weighted by Crippen LogP contribution is 2.62. The van der Waals surface area contributed by atoms with E-state index in [1.54, 1.807) is 6.07 Å². The van der Waals surface area contributed by atoms with Gasteiger partial charge in [0.2, 0.25) is 0 Å². The molecule has 2 saturated heterocycles. The lowest BCUT2D eigenvalue weighted by Crippen LogP contribution is -2.72. The van der Waals surface area contributed by atoms with Crippen molar-refractivity contribution in [1.29, 1.82) is 0 Å². The summed E-state index contributed by atoms with van der Waals surface area (Å²) in [5.74, 6) is 0.163. The second-order valence-electron chi connectivity index (χ2n) is 7.18. The number of nitrogens with zero attached hydrogens (tertiary/aromatic N) is 1. The van der Waals surface area contributed by atoms with Crippen molar-refractivity contribution in [3.63, 3.8) is 0 Å². The number of rotatable bonds is 1. The van der Waals surface area contributed by atoms with Crippen LogP contribution in [0.4, 0.5) is 5.69 Å². The number of fused-ring (bicyclic) bond motifs is 2. The molecule has 2 N–H and O–H groups in total. The Hall–Kier alpha value is -2.27. The fraction of sp³-hybridized carbons (Fsp3) is 0.421. The maximum atomic E-state index is 12.6. The number of esters is 1. The van der Waals surface area contributed by atoms with Crippen molar-refractivity contribution in [2.75, 3.05) is 25.5 Å². The number of piperidine rings is 1. The largest absolute Gasteiger partial charge is 0.508 e.